The fourth-order valence-electron chi connectivity index (χ4n) is 1.20. The number of pyridine rings is 1. The van der Waals surface area contributed by atoms with Crippen LogP contribution >= 0.6 is 15.9 Å². The molecule has 0 radical (unpaired) electrons. The molecular formula is C8H5BrN2O2. The zero-order valence-electron chi connectivity index (χ0n) is 6.41. The molecule has 0 aliphatic carbocycles. The van der Waals surface area contributed by atoms with Crippen molar-refractivity contribution in [2.45, 2.75) is 0 Å². The van der Waals surface area contributed by atoms with Gasteiger partial charge in [-0.3, -0.25) is 0 Å². The Kier molecular flexibility index (Phi) is 1.81. The first-order chi connectivity index (χ1) is 6.20. The summed E-state index contributed by atoms with van der Waals surface area (Å²) in [5.74, 6) is -0.940. The number of aromatic carboxylic acids is 1. The molecule has 0 saturated carbocycles. The summed E-state index contributed by atoms with van der Waals surface area (Å²) in [6.45, 7) is 0. The molecule has 13 heavy (non-hydrogen) atoms. The van der Waals surface area contributed by atoms with Crippen LogP contribution < -0.4 is 0 Å². The molecule has 0 atom stereocenters. The lowest BCUT2D eigenvalue weighted by Gasteiger charge is -1.92. The number of fused-ring (bicyclic) bond motifs is 1. The van der Waals surface area contributed by atoms with E-state index in [-0.39, 0.29) is 5.56 Å². The molecule has 0 amide bonds. The van der Waals surface area contributed by atoms with Gasteiger partial charge < -0.3 is 10.1 Å². The monoisotopic (exact) mass is 240 g/mol. The van der Waals surface area contributed by atoms with Crippen molar-refractivity contribution >= 4 is 32.8 Å². The Morgan fingerprint density at radius 2 is 2.38 bits per heavy atom. The molecule has 0 aromatic carbocycles. The van der Waals surface area contributed by atoms with E-state index in [9.17, 15) is 4.79 Å². The van der Waals surface area contributed by atoms with Crippen LogP contribution in [-0.4, -0.2) is 21.0 Å². The maximum atomic E-state index is 10.7. The van der Waals surface area contributed by atoms with Gasteiger partial charge in [0.25, 0.3) is 0 Å². The first-order valence-electron chi connectivity index (χ1n) is 3.55. The normalized spacial score (nSPS) is 10.5. The predicted octanol–water partition coefficient (Wildman–Crippen LogP) is 2.02. The molecule has 66 valence electrons. The fourth-order valence-corrected chi connectivity index (χ4v) is 1.64. The minimum Gasteiger partial charge on any atom is -0.478 e. The Morgan fingerprint density at radius 3 is 3.08 bits per heavy atom. The number of halogens is 1. The van der Waals surface area contributed by atoms with Crippen molar-refractivity contribution in [2.75, 3.05) is 0 Å². The standard InChI is InChI=1S/C8H5BrN2O2/c9-7-6-4(1-2-10-7)5(3-11-6)8(12)13/h1-3,11H,(H,12,13). The van der Waals surface area contributed by atoms with E-state index in [1.54, 1.807) is 12.3 Å². The topological polar surface area (TPSA) is 66.0 Å². The van der Waals surface area contributed by atoms with Crippen LogP contribution in [0.25, 0.3) is 10.9 Å². The van der Waals surface area contributed by atoms with Crippen molar-refractivity contribution < 1.29 is 9.90 Å². The van der Waals surface area contributed by atoms with Gasteiger partial charge in [-0.2, -0.15) is 0 Å². The number of hydrogen-bond donors (Lipinski definition) is 2. The molecule has 2 heterocycles. The van der Waals surface area contributed by atoms with Crippen LogP contribution in [0.15, 0.2) is 23.1 Å². The average Bonchev–Trinajstić information content (AvgIpc) is 2.48. The molecule has 0 bridgehead atoms. The lowest BCUT2D eigenvalue weighted by Crippen LogP contribution is -1.93. The molecule has 4 nitrogen and oxygen atoms in total. The minimum absolute atomic E-state index is 0.262. The zero-order chi connectivity index (χ0) is 9.42. The van der Waals surface area contributed by atoms with E-state index in [1.165, 1.54) is 6.20 Å². The van der Waals surface area contributed by atoms with Crippen LogP contribution in [0.2, 0.25) is 0 Å². The van der Waals surface area contributed by atoms with Crippen LogP contribution in [0.3, 0.4) is 0 Å². The van der Waals surface area contributed by atoms with E-state index < -0.39 is 5.97 Å². The van der Waals surface area contributed by atoms with Gasteiger partial charge in [0.2, 0.25) is 0 Å². The molecule has 0 unspecified atom stereocenters. The third-order valence-corrected chi connectivity index (χ3v) is 2.39. The smallest absolute Gasteiger partial charge is 0.337 e. The lowest BCUT2D eigenvalue weighted by molar-refractivity contribution is 0.0699. The Bertz CT molecular complexity index is 478. The van der Waals surface area contributed by atoms with Gasteiger partial charge in [0.05, 0.1) is 11.1 Å². The van der Waals surface area contributed by atoms with Gasteiger partial charge >= 0.3 is 5.97 Å². The van der Waals surface area contributed by atoms with E-state index in [0.29, 0.717) is 15.5 Å². The van der Waals surface area contributed by atoms with Gasteiger partial charge in [0, 0.05) is 17.8 Å². The maximum absolute atomic E-state index is 10.7. The quantitative estimate of drug-likeness (QED) is 0.750. The van der Waals surface area contributed by atoms with Crippen LogP contribution in [0, 0.1) is 0 Å². The Labute approximate surface area is 81.7 Å². The number of carboxylic acids is 1. The highest BCUT2D eigenvalue weighted by Crippen LogP contribution is 2.23. The molecule has 5 heteroatoms. The Hall–Kier alpha value is -1.36. The number of aromatic nitrogens is 2. The third-order valence-electron chi connectivity index (χ3n) is 1.79. The summed E-state index contributed by atoms with van der Waals surface area (Å²) < 4.78 is 0.623. The lowest BCUT2D eigenvalue weighted by atomic mass is 10.2. The first-order valence-corrected chi connectivity index (χ1v) is 4.34. The molecule has 0 aliphatic rings. The fraction of sp³-hybridized carbons (Fsp3) is 0. The highest BCUT2D eigenvalue weighted by atomic mass is 79.9. The summed E-state index contributed by atoms with van der Waals surface area (Å²) in [7, 11) is 0. The number of nitrogens with zero attached hydrogens (tertiary/aromatic N) is 1. The second kappa shape index (κ2) is 2.85. The van der Waals surface area contributed by atoms with Gasteiger partial charge in [-0.25, -0.2) is 9.78 Å². The van der Waals surface area contributed by atoms with E-state index in [4.69, 9.17) is 5.11 Å². The van der Waals surface area contributed by atoms with E-state index in [1.807, 2.05) is 0 Å². The summed E-state index contributed by atoms with van der Waals surface area (Å²) in [5.41, 5.74) is 0.970. The first kappa shape index (κ1) is 8.25. The minimum atomic E-state index is -0.940. The van der Waals surface area contributed by atoms with E-state index in [0.717, 1.165) is 0 Å². The molecule has 0 fully saturated rings. The summed E-state index contributed by atoms with van der Waals surface area (Å²) in [4.78, 5) is 17.6. The van der Waals surface area contributed by atoms with Gasteiger partial charge in [-0.15, -0.1) is 0 Å². The van der Waals surface area contributed by atoms with Crippen LogP contribution in [0.5, 0.6) is 0 Å². The van der Waals surface area contributed by atoms with Gasteiger partial charge in [0.1, 0.15) is 4.60 Å². The van der Waals surface area contributed by atoms with Crippen molar-refractivity contribution in [1.82, 2.24) is 9.97 Å². The highest BCUT2D eigenvalue weighted by Gasteiger charge is 2.11. The zero-order valence-corrected chi connectivity index (χ0v) is 8.00. The second-order valence-corrected chi connectivity index (χ2v) is 3.28. The predicted molar refractivity (Wildman–Crippen MR) is 50.8 cm³/mol. The number of carboxylic acid groups (broad SMARTS) is 1. The summed E-state index contributed by atoms with van der Waals surface area (Å²) in [6.07, 6.45) is 3.02. The molecule has 0 spiro atoms. The second-order valence-electron chi connectivity index (χ2n) is 2.53. The summed E-state index contributed by atoms with van der Waals surface area (Å²) in [6, 6.07) is 1.67. The van der Waals surface area contributed by atoms with Crippen molar-refractivity contribution in [3.8, 4) is 0 Å². The van der Waals surface area contributed by atoms with Gasteiger partial charge in [0.15, 0.2) is 0 Å². The summed E-state index contributed by atoms with van der Waals surface area (Å²) >= 11 is 3.22. The SMILES string of the molecule is O=C(O)c1c[nH]c2c(Br)nccc12. The number of aromatic amines is 1. The Balaban J connectivity index is 2.83. The van der Waals surface area contributed by atoms with Crippen molar-refractivity contribution in [3.63, 3.8) is 0 Å². The van der Waals surface area contributed by atoms with Crippen molar-refractivity contribution in [2.24, 2.45) is 0 Å². The van der Waals surface area contributed by atoms with Gasteiger partial charge in [-0.05, 0) is 22.0 Å². The van der Waals surface area contributed by atoms with Crippen LogP contribution in [-0.2, 0) is 0 Å². The number of H-pyrrole nitrogens is 1. The van der Waals surface area contributed by atoms with E-state index >= 15 is 0 Å². The molecule has 2 N–H and O–H groups in total. The van der Waals surface area contributed by atoms with Gasteiger partial charge in [-0.1, -0.05) is 0 Å². The number of carbonyl (C=O) groups is 1. The van der Waals surface area contributed by atoms with Crippen molar-refractivity contribution in [1.29, 1.82) is 0 Å². The average molecular weight is 241 g/mol. The number of hydrogen-bond acceptors (Lipinski definition) is 2. The molecule has 2 aromatic rings. The summed E-state index contributed by atoms with van der Waals surface area (Å²) in [5, 5.41) is 9.47. The molecule has 2 rings (SSSR count). The molecule has 0 saturated heterocycles. The highest BCUT2D eigenvalue weighted by molar-refractivity contribution is 9.10. The largest absolute Gasteiger partial charge is 0.478 e. The molecular weight excluding hydrogens is 236 g/mol. The maximum Gasteiger partial charge on any atom is 0.337 e. The van der Waals surface area contributed by atoms with Crippen LogP contribution in [0.4, 0.5) is 0 Å². The molecule has 2 aromatic heterocycles. The number of nitrogens with one attached hydrogen (secondary N) is 1. The third kappa shape index (κ3) is 1.21. The molecule has 0 aliphatic heterocycles. The Morgan fingerprint density at radius 1 is 1.62 bits per heavy atom. The van der Waals surface area contributed by atoms with Crippen molar-refractivity contribution in [3.05, 3.63) is 28.6 Å². The van der Waals surface area contributed by atoms with Crippen LogP contribution in [0.1, 0.15) is 10.4 Å². The number of rotatable bonds is 1. The van der Waals surface area contributed by atoms with E-state index in [2.05, 4.69) is 25.9 Å².